The molecule has 1 saturated heterocycles. The molecular formula is C76H88N4O23. The van der Waals surface area contributed by atoms with Gasteiger partial charge in [-0.25, -0.2) is 4.79 Å². The fourth-order valence-electron chi connectivity index (χ4n) is 11.7. The molecule has 0 aromatic heterocycles. The lowest BCUT2D eigenvalue weighted by atomic mass is 9.99. The highest BCUT2D eigenvalue weighted by molar-refractivity contribution is 6.06. The Morgan fingerprint density at radius 2 is 1.01 bits per heavy atom. The van der Waals surface area contributed by atoms with E-state index in [1.165, 1.54) is 32.4 Å². The van der Waals surface area contributed by atoms with Crippen molar-refractivity contribution in [3.05, 3.63) is 131 Å². The summed E-state index contributed by atoms with van der Waals surface area (Å²) in [6.07, 6.45) is 9.05. The molecule has 2 amide bonds. The molecule has 550 valence electrons. The number of aliphatic hydroxyl groups is 3. The first-order valence-corrected chi connectivity index (χ1v) is 34.3. The Kier molecular flexibility index (Phi) is 28.5. The number of hydrogen-bond acceptors (Lipinski definition) is 24. The Balaban J connectivity index is 0.521. The van der Waals surface area contributed by atoms with Gasteiger partial charge in [-0.05, 0) is 103 Å². The van der Waals surface area contributed by atoms with Crippen LogP contribution in [0.25, 0.3) is 11.1 Å². The Morgan fingerprint density at radius 3 is 1.50 bits per heavy atom. The van der Waals surface area contributed by atoms with Gasteiger partial charge < -0.3 is 101 Å². The summed E-state index contributed by atoms with van der Waals surface area (Å²) in [4.78, 5) is 64.8. The van der Waals surface area contributed by atoms with Gasteiger partial charge in [0.05, 0.1) is 75.7 Å². The van der Waals surface area contributed by atoms with Crippen LogP contribution in [0.15, 0.2) is 113 Å². The van der Waals surface area contributed by atoms with Crippen LogP contribution in [0.3, 0.4) is 0 Å². The first-order chi connectivity index (χ1) is 50.2. The van der Waals surface area contributed by atoms with Crippen molar-refractivity contribution in [1.29, 1.82) is 0 Å². The monoisotopic (exact) mass is 1420 g/mol. The second kappa shape index (κ2) is 38.6. The quantitative estimate of drug-likeness (QED) is 0.0162. The van der Waals surface area contributed by atoms with Crippen LogP contribution >= 0.6 is 0 Å². The van der Waals surface area contributed by atoms with Gasteiger partial charge in [-0.3, -0.25) is 24.4 Å². The van der Waals surface area contributed by atoms with Gasteiger partial charge in [0.1, 0.15) is 61.1 Å². The molecule has 0 aliphatic carbocycles. The number of fused-ring (bicyclic) bond motifs is 4. The maximum Gasteiger partial charge on any atom is 0.335 e. The molecule has 0 bridgehead atoms. The number of methoxy groups -OCH3 is 3. The van der Waals surface area contributed by atoms with E-state index in [-0.39, 0.29) is 68.2 Å². The summed E-state index contributed by atoms with van der Waals surface area (Å²) in [5.41, 5.74) is 6.26. The van der Waals surface area contributed by atoms with Crippen LogP contribution in [-0.2, 0) is 49.4 Å². The van der Waals surface area contributed by atoms with E-state index in [1.807, 2.05) is 60.9 Å². The van der Waals surface area contributed by atoms with Gasteiger partial charge in [0, 0.05) is 134 Å². The molecule has 5 aromatic carbocycles. The van der Waals surface area contributed by atoms with Gasteiger partial charge in [-0.1, -0.05) is 30.2 Å². The largest absolute Gasteiger partial charge is 0.497 e. The van der Waals surface area contributed by atoms with E-state index in [2.05, 4.69) is 5.92 Å². The number of aliphatic hydroxyl groups excluding tert-OH is 3. The number of aliphatic imine (C=N–C) groups is 2. The molecule has 1 fully saturated rings. The summed E-state index contributed by atoms with van der Waals surface area (Å²) in [6.45, 7) is 5.90. The highest BCUT2D eigenvalue weighted by Gasteiger charge is 2.48. The number of carboxylic acids is 1. The third-order valence-corrected chi connectivity index (χ3v) is 17.2. The number of carbonyl (C=O) groups is 4. The molecule has 0 spiro atoms. The van der Waals surface area contributed by atoms with Crippen molar-refractivity contribution in [2.24, 2.45) is 9.98 Å². The van der Waals surface area contributed by atoms with Crippen LogP contribution in [0, 0.1) is 12.3 Å². The predicted molar refractivity (Wildman–Crippen MR) is 375 cm³/mol. The minimum atomic E-state index is -1.87. The number of amides is 2. The number of aliphatic carboxylic acids is 1. The normalized spacial score (nSPS) is 19.4. The van der Waals surface area contributed by atoms with Crippen LogP contribution in [-0.4, -0.2) is 223 Å². The van der Waals surface area contributed by atoms with Crippen molar-refractivity contribution < 1.29 is 111 Å². The molecule has 27 nitrogen and oxygen atoms in total. The zero-order valence-electron chi connectivity index (χ0n) is 57.9. The molecule has 4 N–H and O–H groups in total. The van der Waals surface area contributed by atoms with Crippen molar-refractivity contribution in [1.82, 2.24) is 9.80 Å². The number of benzene rings is 5. The first-order valence-electron chi connectivity index (χ1n) is 34.3. The van der Waals surface area contributed by atoms with Crippen LogP contribution in [0.1, 0.15) is 95.2 Å². The average Bonchev–Trinajstić information content (AvgIpc) is 1.65. The number of hydrogen-bond donors (Lipinski definition) is 4. The fourth-order valence-corrected chi connectivity index (χ4v) is 11.7. The van der Waals surface area contributed by atoms with Crippen molar-refractivity contribution in [2.45, 2.75) is 107 Å². The maximum absolute atomic E-state index is 14.1. The molecule has 27 heteroatoms. The van der Waals surface area contributed by atoms with Crippen molar-refractivity contribution >= 4 is 58.7 Å². The third kappa shape index (κ3) is 20.8. The lowest BCUT2D eigenvalue weighted by molar-refractivity contribution is -0.271. The topological polar surface area (TPSA) is 319 Å². The van der Waals surface area contributed by atoms with Gasteiger partial charge >= 0.3 is 11.9 Å². The van der Waals surface area contributed by atoms with E-state index in [9.17, 15) is 39.6 Å². The molecule has 2 unspecified atom stereocenters. The predicted octanol–water partition coefficient (Wildman–Crippen LogP) is 8.33. The summed E-state index contributed by atoms with van der Waals surface area (Å²) >= 11 is 0. The zero-order valence-corrected chi connectivity index (χ0v) is 57.9. The van der Waals surface area contributed by atoms with Gasteiger partial charge in [-0.15, -0.1) is 6.42 Å². The Labute approximate surface area is 597 Å². The SMILES string of the molecule is C#CCOc1cc(O[C@@H]2O[C@H](C(=O)O)[C@@H](O)[C@H](O)[C@H]2O)ccc1COC(=O)CCCOCCCOCCCOCCCOCCCOCCOc1ccc(C2=CN3C(=O)c4cc(OC)c(OCCCOc5cc6c(cc5OC)C(=O)N5C=C(c7ccc(OC)cc7)CC5C=N6)cc4N=CC3C2)cc1. The Hall–Kier alpha value is -9.60. The lowest BCUT2D eigenvalue weighted by Gasteiger charge is -2.38. The van der Waals surface area contributed by atoms with E-state index < -0.39 is 42.6 Å². The second-order valence-electron chi connectivity index (χ2n) is 24.4. The second-order valence-corrected chi connectivity index (χ2v) is 24.4. The standard InChI is InChI=1S/C76H88N4O23/c1-5-23-98-63-39-58(102-76-71(84)69(82)70(83)72(103-76)75(87)88)22-17-51(63)48-101-68(81)12-6-24-92-25-7-26-93-27-8-28-94-29-9-30-95-31-10-32-96-35-36-97-57-20-15-50(16-21-57)53-38-55-45-78-62-43-67(65(91-4)41-60(62)74(86)80(55)47-53)100-34-11-33-99-66-42-61-59(40-64(66)90-3)73(85)79-46-52(37-54(79)44-77-61)49-13-18-56(89-2)19-14-49/h1,13-22,39-47,54-55,69-72,76,82-84H,6-12,23-38,48H2,2-4H3,(H,87,88)/t54?,55?,69-,70-,71+,72-,76+/m0/s1. The third-order valence-electron chi connectivity index (χ3n) is 17.2. The van der Waals surface area contributed by atoms with Gasteiger partial charge in [0.15, 0.2) is 29.1 Å². The van der Waals surface area contributed by atoms with E-state index in [4.69, 9.17) is 87.5 Å². The molecule has 10 rings (SSSR count). The van der Waals surface area contributed by atoms with Crippen molar-refractivity contribution in [3.63, 3.8) is 0 Å². The van der Waals surface area contributed by atoms with Crippen molar-refractivity contribution in [3.8, 4) is 58.3 Å². The summed E-state index contributed by atoms with van der Waals surface area (Å²) in [5, 5.41) is 39.7. The number of rotatable bonds is 42. The molecule has 103 heavy (non-hydrogen) atoms. The fraction of sp³-hybridized carbons (Fsp3) is 0.447. The number of ether oxygens (including phenoxy) is 15. The number of carboxylic acid groups (broad SMARTS) is 1. The maximum atomic E-state index is 14.1. The summed E-state index contributed by atoms with van der Waals surface area (Å²) < 4.78 is 85.3. The smallest absolute Gasteiger partial charge is 0.335 e. The van der Waals surface area contributed by atoms with E-state index in [0.29, 0.717) is 162 Å². The Morgan fingerprint density at radius 1 is 0.524 bits per heavy atom. The lowest BCUT2D eigenvalue weighted by Crippen LogP contribution is -2.61. The van der Waals surface area contributed by atoms with Crippen LogP contribution in [0.2, 0.25) is 0 Å². The zero-order chi connectivity index (χ0) is 72.5. The van der Waals surface area contributed by atoms with Gasteiger partial charge in [0.2, 0.25) is 6.29 Å². The minimum absolute atomic E-state index is 0.0612. The molecule has 7 atom stereocenters. The number of terminal acetylenes is 1. The molecule has 5 aliphatic heterocycles. The molecular weight excluding hydrogens is 1340 g/mol. The summed E-state index contributed by atoms with van der Waals surface area (Å²) in [6, 6.07) is 26.2. The number of esters is 1. The molecule has 5 aromatic rings. The van der Waals surface area contributed by atoms with E-state index in [0.717, 1.165) is 47.3 Å². The Bertz CT molecular complexity index is 3840. The molecule has 0 radical (unpaired) electrons. The first kappa shape index (κ1) is 76.0. The van der Waals surface area contributed by atoms with E-state index in [1.54, 1.807) is 53.6 Å². The molecule has 5 heterocycles. The highest BCUT2D eigenvalue weighted by Crippen LogP contribution is 2.43. The van der Waals surface area contributed by atoms with Crippen molar-refractivity contribution in [2.75, 3.05) is 114 Å². The average molecular weight is 1430 g/mol. The van der Waals surface area contributed by atoms with Gasteiger partial charge in [0.25, 0.3) is 11.8 Å². The highest BCUT2D eigenvalue weighted by atomic mass is 16.7. The van der Waals surface area contributed by atoms with Crippen LogP contribution < -0.4 is 37.9 Å². The molecule has 0 saturated carbocycles. The summed E-state index contributed by atoms with van der Waals surface area (Å²) in [7, 11) is 4.69. The number of carbonyl (C=O) groups excluding carboxylic acids is 3. The van der Waals surface area contributed by atoms with E-state index >= 15 is 0 Å². The van der Waals surface area contributed by atoms with Crippen LogP contribution in [0.5, 0.6) is 46.0 Å². The van der Waals surface area contributed by atoms with Gasteiger partial charge in [-0.2, -0.15) is 0 Å². The molecule has 5 aliphatic rings. The number of nitrogens with zero attached hydrogens (tertiary/aromatic N) is 4. The van der Waals surface area contributed by atoms with Crippen LogP contribution in [0.4, 0.5) is 11.4 Å². The minimum Gasteiger partial charge on any atom is -0.497 e. The summed E-state index contributed by atoms with van der Waals surface area (Å²) in [5.74, 6) is 3.40.